The van der Waals surface area contributed by atoms with Crippen molar-refractivity contribution in [3.05, 3.63) is 41.1 Å². The zero-order chi connectivity index (χ0) is 16.4. The number of amides is 1. The number of fused-ring (bicyclic) bond motifs is 1. The standard InChI is InChI=1S/C17H21N3O3/c1-11-19-20-15(22-11)10-18-16(21)17(2,3)23-14-8-7-12-5-4-6-13(12)9-14/h7-9H,4-6,10H2,1-3H3,(H,18,21). The van der Waals surface area contributed by atoms with E-state index in [4.69, 9.17) is 9.15 Å². The maximum Gasteiger partial charge on any atom is 0.264 e. The second-order valence-electron chi connectivity index (χ2n) is 6.29. The number of carbonyl (C=O) groups excluding carboxylic acids is 1. The Bertz CT molecular complexity index is 722. The van der Waals surface area contributed by atoms with Gasteiger partial charge >= 0.3 is 0 Å². The lowest BCUT2D eigenvalue weighted by Crippen LogP contribution is -2.46. The highest BCUT2D eigenvalue weighted by Crippen LogP contribution is 2.28. The van der Waals surface area contributed by atoms with Gasteiger partial charge in [-0.05, 0) is 56.4 Å². The molecule has 1 N–H and O–H groups in total. The molecule has 3 rings (SSSR count). The van der Waals surface area contributed by atoms with Crippen molar-refractivity contribution < 1.29 is 13.9 Å². The molecule has 6 nitrogen and oxygen atoms in total. The molecule has 0 radical (unpaired) electrons. The van der Waals surface area contributed by atoms with Gasteiger partial charge in [0, 0.05) is 6.92 Å². The van der Waals surface area contributed by atoms with Crippen LogP contribution in [0.5, 0.6) is 5.75 Å². The van der Waals surface area contributed by atoms with E-state index in [1.807, 2.05) is 12.1 Å². The Morgan fingerprint density at radius 1 is 1.30 bits per heavy atom. The van der Waals surface area contributed by atoms with Crippen LogP contribution >= 0.6 is 0 Å². The third-order valence-electron chi connectivity index (χ3n) is 3.96. The summed E-state index contributed by atoms with van der Waals surface area (Å²) in [6, 6.07) is 6.06. The number of rotatable bonds is 5. The number of benzene rings is 1. The van der Waals surface area contributed by atoms with Crippen molar-refractivity contribution in [2.45, 2.75) is 52.2 Å². The normalized spacial score (nSPS) is 13.7. The molecule has 0 unspecified atom stereocenters. The molecule has 2 aromatic rings. The van der Waals surface area contributed by atoms with Gasteiger partial charge in [0.15, 0.2) is 5.60 Å². The van der Waals surface area contributed by atoms with Gasteiger partial charge in [-0.3, -0.25) is 4.79 Å². The average Bonchev–Trinajstić information content (AvgIpc) is 3.12. The highest BCUT2D eigenvalue weighted by molar-refractivity contribution is 5.84. The molecule has 1 aliphatic carbocycles. The first-order valence-electron chi connectivity index (χ1n) is 7.82. The summed E-state index contributed by atoms with van der Waals surface area (Å²) in [6.45, 7) is 5.39. The maximum atomic E-state index is 12.4. The van der Waals surface area contributed by atoms with Crippen LogP contribution in [0.2, 0.25) is 0 Å². The van der Waals surface area contributed by atoms with Gasteiger partial charge in [0.1, 0.15) is 5.75 Å². The Kier molecular flexibility index (Phi) is 4.07. The molecule has 0 fully saturated rings. The zero-order valence-electron chi connectivity index (χ0n) is 13.7. The second kappa shape index (κ2) is 6.02. The number of nitrogens with one attached hydrogen (secondary N) is 1. The molecular weight excluding hydrogens is 294 g/mol. The fourth-order valence-corrected chi connectivity index (χ4v) is 2.73. The molecule has 0 saturated heterocycles. The third kappa shape index (κ3) is 3.52. The topological polar surface area (TPSA) is 77.2 Å². The minimum atomic E-state index is -0.984. The van der Waals surface area contributed by atoms with Gasteiger partial charge in [0.05, 0.1) is 6.54 Å². The van der Waals surface area contributed by atoms with Gasteiger partial charge in [-0.2, -0.15) is 0 Å². The molecule has 1 amide bonds. The number of hydrogen-bond acceptors (Lipinski definition) is 5. The Morgan fingerprint density at radius 3 is 2.83 bits per heavy atom. The predicted molar refractivity (Wildman–Crippen MR) is 84.1 cm³/mol. The van der Waals surface area contributed by atoms with Crippen LogP contribution in [0.1, 0.15) is 43.2 Å². The third-order valence-corrected chi connectivity index (χ3v) is 3.96. The van der Waals surface area contributed by atoms with Gasteiger partial charge in [0.2, 0.25) is 11.8 Å². The van der Waals surface area contributed by atoms with Crippen molar-refractivity contribution in [2.75, 3.05) is 0 Å². The molecule has 0 bridgehead atoms. The molecule has 122 valence electrons. The number of carbonyl (C=O) groups is 1. The van der Waals surface area contributed by atoms with Crippen LogP contribution in [-0.4, -0.2) is 21.7 Å². The van der Waals surface area contributed by atoms with Crippen LogP contribution in [0.4, 0.5) is 0 Å². The van der Waals surface area contributed by atoms with Crippen molar-refractivity contribution in [2.24, 2.45) is 0 Å². The first-order valence-corrected chi connectivity index (χ1v) is 7.82. The molecule has 1 aromatic carbocycles. The molecule has 0 saturated carbocycles. The van der Waals surface area contributed by atoms with Crippen molar-refractivity contribution in [1.82, 2.24) is 15.5 Å². The number of aryl methyl sites for hydroxylation is 3. The highest BCUT2D eigenvalue weighted by atomic mass is 16.5. The Balaban J connectivity index is 1.62. The lowest BCUT2D eigenvalue weighted by atomic mass is 10.1. The first-order chi connectivity index (χ1) is 10.9. The summed E-state index contributed by atoms with van der Waals surface area (Å²) in [4.78, 5) is 12.4. The molecule has 0 aliphatic heterocycles. The molecule has 1 aromatic heterocycles. The van der Waals surface area contributed by atoms with Crippen LogP contribution in [0.3, 0.4) is 0 Å². The fraction of sp³-hybridized carbons (Fsp3) is 0.471. The molecule has 1 heterocycles. The highest BCUT2D eigenvalue weighted by Gasteiger charge is 2.30. The minimum Gasteiger partial charge on any atom is -0.478 e. The van der Waals surface area contributed by atoms with E-state index in [9.17, 15) is 4.79 Å². The second-order valence-corrected chi connectivity index (χ2v) is 6.29. The summed E-state index contributed by atoms with van der Waals surface area (Å²) in [5, 5.41) is 10.3. The van der Waals surface area contributed by atoms with Gasteiger partial charge in [-0.1, -0.05) is 6.07 Å². The summed E-state index contributed by atoms with van der Waals surface area (Å²) in [6.07, 6.45) is 3.39. The van der Waals surface area contributed by atoms with Crippen molar-refractivity contribution in [1.29, 1.82) is 0 Å². The van der Waals surface area contributed by atoms with Crippen molar-refractivity contribution >= 4 is 5.91 Å². The van der Waals surface area contributed by atoms with Gasteiger partial charge in [-0.25, -0.2) is 0 Å². The van der Waals surface area contributed by atoms with E-state index in [1.54, 1.807) is 20.8 Å². The summed E-state index contributed by atoms with van der Waals surface area (Å²) < 4.78 is 11.1. The average molecular weight is 315 g/mol. The number of nitrogens with zero attached hydrogens (tertiary/aromatic N) is 2. The van der Waals surface area contributed by atoms with E-state index >= 15 is 0 Å². The number of ether oxygens (including phenoxy) is 1. The van der Waals surface area contributed by atoms with Crippen LogP contribution in [0.25, 0.3) is 0 Å². The smallest absolute Gasteiger partial charge is 0.264 e. The van der Waals surface area contributed by atoms with Crippen LogP contribution in [0.15, 0.2) is 22.6 Å². The minimum absolute atomic E-state index is 0.191. The quantitative estimate of drug-likeness (QED) is 0.916. The lowest BCUT2D eigenvalue weighted by molar-refractivity contribution is -0.134. The van der Waals surface area contributed by atoms with Crippen LogP contribution < -0.4 is 10.1 Å². The molecule has 0 atom stereocenters. The van der Waals surface area contributed by atoms with Crippen molar-refractivity contribution in [3.63, 3.8) is 0 Å². The van der Waals surface area contributed by atoms with Gasteiger partial charge in [0.25, 0.3) is 5.91 Å². The summed E-state index contributed by atoms with van der Waals surface area (Å²) >= 11 is 0. The lowest BCUT2D eigenvalue weighted by Gasteiger charge is -2.25. The van der Waals surface area contributed by atoms with E-state index in [0.29, 0.717) is 11.8 Å². The number of aromatic nitrogens is 2. The van der Waals surface area contributed by atoms with E-state index in [2.05, 4.69) is 21.6 Å². The van der Waals surface area contributed by atoms with E-state index < -0.39 is 5.60 Å². The van der Waals surface area contributed by atoms with E-state index in [1.165, 1.54) is 17.5 Å². The predicted octanol–water partition coefficient (Wildman–Crippen LogP) is 2.34. The SMILES string of the molecule is Cc1nnc(CNC(=O)C(C)(C)Oc2ccc3c(c2)CCC3)o1. The largest absolute Gasteiger partial charge is 0.478 e. The Labute approximate surface area is 135 Å². The van der Waals surface area contributed by atoms with E-state index in [-0.39, 0.29) is 12.5 Å². The Morgan fingerprint density at radius 2 is 2.09 bits per heavy atom. The van der Waals surface area contributed by atoms with E-state index in [0.717, 1.165) is 18.6 Å². The first kappa shape index (κ1) is 15.5. The number of hydrogen-bond donors (Lipinski definition) is 1. The Hall–Kier alpha value is -2.37. The fourth-order valence-electron chi connectivity index (χ4n) is 2.73. The van der Waals surface area contributed by atoms with Gasteiger partial charge < -0.3 is 14.5 Å². The molecule has 23 heavy (non-hydrogen) atoms. The van der Waals surface area contributed by atoms with Crippen LogP contribution in [0, 0.1) is 6.92 Å². The summed E-state index contributed by atoms with van der Waals surface area (Å²) in [5.74, 6) is 1.35. The zero-order valence-corrected chi connectivity index (χ0v) is 13.7. The summed E-state index contributed by atoms with van der Waals surface area (Å²) in [5.41, 5.74) is 1.72. The monoisotopic (exact) mass is 315 g/mol. The van der Waals surface area contributed by atoms with Crippen LogP contribution in [-0.2, 0) is 24.2 Å². The van der Waals surface area contributed by atoms with Gasteiger partial charge in [-0.15, -0.1) is 10.2 Å². The molecular formula is C17H21N3O3. The molecule has 6 heteroatoms. The molecule has 0 spiro atoms. The van der Waals surface area contributed by atoms with Crippen molar-refractivity contribution in [3.8, 4) is 5.75 Å². The molecule has 1 aliphatic rings. The maximum absolute atomic E-state index is 12.4. The summed E-state index contributed by atoms with van der Waals surface area (Å²) in [7, 11) is 0.